The molecular formula is C31H36F7N3O4S. The molecule has 0 radical (unpaired) electrons. The van der Waals surface area contributed by atoms with Gasteiger partial charge in [-0.15, -0.1) is 0 Å². The van der Waals surface area contributed by atoms with Crippen LogP contribution >= 0.6 is 0 Å². The van der Waals surface area contributed by atoms with Crippen molar-refractivity contribution in [2.75, 3.05) is 39.3 Å². The summed E-state index contributed by atoms with van der Waals surface area (Å²) in [5.74, 6) is -1.10. The van der Waals surface area contributed by atoms with Crippen molar-refractivity contribution in [1.29, 1.82) is 0 Å². The second kappa shape index (κ2) is 13.4. The molecule has 3 atom stereocenters. The van der Waals surface area contributed by atoms with Crippen LogP contribution in [-0.4, -0.2) is 74.6 Å². The molecule has 15 heteroatoms. The Bertz CT molecular complexity index is 1470. The van der Waals surface area contributed by atoms with Crippen LogP contribution < -0.4 is 4.72 Å². The molecule has 1 saturated carbocycles. The molecular weight excluding hydrogens is 643 g/mol. The Morgan fingerprint density at radius 1 is 0.913 bits per heavy atom. The molecule has 5 rings (SSSR count). The van der Waals surface area contributed by atoms with Crippen LogP contribution in [0.2, 0.25) is 0 Å². The van der Waals surface area contributed by atoms with Gasteiger partial charge in [0, 0.05) is 32.1 Å². The van der Waals surface area contributed by atoms with E-state index in [9.17, 15) is 49.1 Å². The Labute approximate surface area is 262 Å². The number of hydrogen-bond donors (Lipinski definition) is 2. The molecule has 7 nitrogen and oxygen atoms in total. The monoisotopic (exact) mass is 679 g/mol. The number of sulfonamides is 1. The summed E-state index contributed by atoms with van der Waals surface area (Å²) in [4.78, 5) is 15.2. The highest BCUT2D eigenvalue weighted by Gasteiger charge is 2.43. The van der Waals surface area contributed by atoms with E-state index in [1.807, 2.05) is 11.0 Å². The number of carboxylic acids is 1. The van der Waals surface area contributed by atoms with Gasteiger partial charge in [0.15, 0.2) is 0 Å². The molecule has 3 aliphatic rings. The molecule has 254 valence electrons. The average Bonchev–Trinajstić information content (AvgIpc) is 3.72. The van der Waals surface area contributed by atoms with E-state index in [-0.39, 0.29) is 48.3 Å². The molecule has 2 aromatic rings. The maximum atomic E-state index is 14.2. The minimum atomic E-state index is -5.17. The molecule has 2 saturated heterocycles. The summed E-state index contributed by atoms with van der Waals surface area (Å²) >= 11 is 0. The van der Waals surface area contributed by atoms with E-state index in [0.29, 0.717) is 57.9 Å². The van der Waals surface area contributed by atoms with Crippen molar-refractivity contribution >= 4 is 16.0 Å². The summed E-state index contributed by atoms with van der Waals surface area (Å²) in [6.07, 6.45) is -6.67. The SMILES string of the molecule is O=C(O)[C@@H](CC1CC1)N1C[C@H](CN2CCC(CNS(=O)(=O)c3cc(C(F)(F)F)cc(C(F)(F)F)c3)CC2)[C@@H](c2cccc(F)c2)C1. The van der Waals surface area contributed by atoms with Crippen LogP contribution in [0, 0.1) is 23.6 Å². The van der Waals surface area contributed by atoms with Crippen molar-refractivity contribution in [1.82, 2.24) is 14.5 Å². The van der Waals surface area contributed by atoms with Gasteiger partial charge in [-0.25, -0.2) is 17.5 Å². The number of alkyl halides is 6. The third-order valence-electron chi connectivity index (χ3n) is 9.36. The Kier molecular flexibility index (Phi) is 10.1. The third-order valence-corrected chi connectivity index (χ3v) is 10.8. The van der Waals surface area contributed by atoms with E-state index in [4.69, 9.17) is 0 Å². The first-order valence-electron chi connectivity index (χ1n) is 15.2. The largest absolute Gasteiger partial charge is 0.480 e. The van der Waals surface area contributed by atoms with Gasteiger partial charge in [-0.3, -0.25) is 9.69 Å². The van der Waals surface area contributed by atoms with Crippen molar-refractivity contribution in [3.63, 3.8) is 0 Å². The number of carboxylic acid groups (broad SMARTS) is 1. The molecule has 2 aliphatic heterocycles. The van der Waals surface area contributed by atoms with Crippen LogP contribution in [0.4, 0.5) is 30.7 Å². The van der Waals surface area contributed by atoms with Crippen LogP contribution in [-0.2, 0) is 27.2 Å². The Balaban J connectivity index is 1.21. The summed E-state index contributed by atoms with van der Waals surface area (Å²) in [6, 6.07) is 5.99. The van der Waals surface area contributed by atoms with Crippen LogP contribution in [0.1, 0.15) is 54.7 Å². The zero-order valence-electron chi connectivity index (χ0n) is 24.8. The summed E-state index contributed by atoms with van der Waals surface area (Å²) in [7, 11) is -4.67. The van der Waals surface area contributed by atoms with Crippen LogP contribution in [0.15, 0.2) is 47.4 Å². The number of piperidine rings is 1. The fourth-order valence-electron chi connectivity index (χ4n) is 6.63. The van der Waals surface area contributed by atoms with Gasteiger partial charge in [0.2, 0.25) is 10.0 Å². The smallest absolute Gasteiger partial charge is 0.416 e. The maximum absolute atomic E-state index is 14.2. The predicted molar refractivity (Wildman–Crippen MR) is 154 cm³/mol. The van der Waals surface area contributed by atoms with Crippen molar-refractivity contribution < 1.29 is 49.1 Å². The quantitative estimate of drug-likeness (QED) is 0.291. The maximum Gasteiger partial charge on any atom is 0.416 e. The van der Waals surface area contributed by atoms with Gasteiger partial charge in [-0.2, -0.15) is 26.3 Å². The van der Waals surface area contributed by atoms with E-state index in [0.717, 1.165) is 18.4 Å². The first kappa shape index (κ1) is 34.6. The number of likely N-dealkylation sites (tertiary alicyclic amines) is 2. The van der Waals surface area contributed by atoms with Gasteiger partial charge >= 0.3 is 18.3 Å². The van der Waals surface area contributed by atoms with Crippen molar-refractivity contribution in [2.24, 2.45) is 17.8 Å². The lowest BCUT2D eigenvalue weighted by Gasteiger charge is -2.35. The lowest BCUT2D eigenvalue weighted by atomic mass is 9.87. The van der Waals surface area contributed by atoms with E-state index in [2.05, 4.69) is 9.62 Å². The van der Waals surface area contributed by atoms with Gasteiger partial charge in [0.1, 0.15) is 11.9 Å². The van der Waals surface area contributed by atoms with E-state index in [1.165, 1.54) is 12.1 Å². The second-order valence-electron chi connectivity index (χ2n) is 12.7. The molecule has 2 aromatic carbocycles. The van der Waals surface area contributed by atoms with Gasteiger partial charge in [0.05, 0.1) is 16.0 Å². The number of nitrogens with zero attached hydrogens (tertiary/aromatic N) is 2. The molecule has 0 bridgehead atoms. The Morgan fingerprint density at radius 2 is 1.54 bits per heavy atom. The number of hydrogen-bond acceptors (Lipinski definition) is 5. The highest BCUT2D eigenvalue weighted by Crippen LogP contribution is 2.40. The topological polar surface area (TPSA) is 89.9 Å². The summed E-state index contributed by atoms with van der Waals surface area (Å²) in [5.41, 5.74) is -2.61. The standard InChI is InChI=1S/C31H36F7N3O4S/c32-25-3-1-2-21(11-25)27-18-41(28(29(42)43)10-19-4-5-19)17-22(27)16-40-8-6-20(7-9-40)15-39-46(44,45)26-13-23(30(33,34)35)12-24(14-26)31(36,37)38/h1-3,11-14,19-20,22,27-28,39H,4-10,15-18H2,(H,42,43)/t22-,27+,28+/m0/s1. The average molecular weight is 680 g/mol. The van der Waals surface area contributed by atoms with Gasteiger partial charge < -0.3 is 10.0 Å². The number of rotatable bonds is 11. The third kappa shape index (κ3) is 8.58. The Hall–Kier alpha value is -2.75. The number of aliphatic carboxylic acids is 1. The van der Waals surface area contributed by atoms with Crippen molar-refractivity contribution in [2.45, 2.75) is 61.3 Å². The van der Waals surface area contributed by atoms with E-state index >= 15 is 0 Å². The fourth-order valence-corrected chi connectivity index (χ4v) is 7.82. The van der Waals surface area contributed by atoms with E-state index in [1.54, 1.807) is 6.07 Å². The molecule has 0 aromatic heterocycles. The molecule has 2 heterocycles. The normalized spacial score (nSPS) is 23.1. The zero-order chi connectivity index (χ0) is 33.4. The molecule has 3 fully saturated rings. The minimum absolute atomic E-state index is 0.0154. The molecule has 1 aliphatic carbocycles. The van der Waals surface area contributed by atoms with Crippen molar-refractivity contribution in [3.8, 4) is 0 Å². The minimum Gasteiger partial charge on any atom is -0.480 e. The molecule has 0 spiro atoms. The van der Waals surface area contributed by atoms with Crippen molar-refractivity contribution in [3.05, 3.63) is 65.0 Å². The molecule has 0 unspecified atom stereocenters. The molecule has 46 heavy (non-hydrogen) atoms. The van der Waals surface area contributed by atoms with Crippen LogP contribution in [0.25, 0.3) is 0 Å². The summed E-state index contributed by atoms with van der Waals surface area (Å²) in [5, 5.41) is 9.97. The first-order chi connectivity index (χ1) is 21.5. The Morgan fingerprint density at radius 3 is 2.09 bits per heavy atom. The second-order valence-corrected chi connectivity index (χ2v) is 14.5. The molecule has 2 N–H and O–H groups in total. The van der Waals surface area contributed by atoms with Gasteiger partial charge in [-0.05, 0) is 86.0 Å². The van der Waals surface area contributed by atoms with Gasteiger partial charge in [-0.1, -0.05) is 25.0 Å². The highest BCUT2D eigenvalue weighted by molar-refractivity contribution is 7.89. The van der Waals surface area contributed by atoms with Crippen LogP contribution in [0.5, 0.6) is 0 Å². The number of nitrogens with one attached hydrogen (secondary N) is 1. The fraction of sp³-hybridized carbons (Fsp3) is 0.581. The summed E-state index contributed by atoms with van der Waals surface area (Å²) in [6.45, 7) is 2.59. The first-order valence-corrected chi connectivity index (χ1v) is 16.7. The summed E-state index contributed by atoms with van der Waals surface area (Å²) < 4.78 is 121. The highest BCUT2D eigenvalue weighted by atomic mass is 32.2. The predicted octanol–water partition coefficient (Wildman–Crippen LogP) is 5.82. The zero-order valence-corrected chi connectivity index (χ0v) is 25.6. The van der Waals surface area contributed by atoms with Crippen LogP contribution in [0.3, 0.4) is 0 Å². The van der Waals surface area contributed by atoms with Gasteiger partial charge in [0.25, 0.3) is 0 Å². The number of benzene rings is 2. The lowest BCUT2D eigenvalue weighted by molar-refractivity contribution is -0.144. The number of halogens is 7. The van der Waals surface area contributed by atoms with E-state index < -0.39 is 50.4 Å². The molecule has 0 amide bonds. The number of carbonyl (C=O) groups is 1. The lowest BCUT2D eigenvalue weighted by Crippen LogP contribution is -2.42.